The van der Waals surface area contributed by atoms with Crippen molar-refractivity contribution in [3.63, 3.8) is 0 Å². The predicted octanol–water partition coefficient (Wildman–Crippen LogP) is 0.175. The SMILES string of the molecule is OCCN1CCN(C[C@H](O)COc2ccccc2F)CC1. The van der Waals surface area contributed by atoms with E-state index in [1.54, 1.807) is 18.2 Å². The zero-order chi connectivity index (χ0) is 15.1. The molecule has 0 amide bonds. The number of aliphatic hydroxyl groups is 2. The summed E-state index contributed by atoms with van der Waals surface area (Å²) in [6, 6.07) is 6.19. The highest BCUT2D eigenvalue weighted by Gasteiger charge is 2.19. The Morgan fingerprint density at radius 3 is 2.48 bits per heavy atom. The van der Waals surface area contributed by atoms with Crippen molar-refractivity contribution in [2.45, 2.75) is 6.10 Å². The van der Waals surface area contributed by atoms with Gasteiger partial charge in [-0.05, 0) is 12.1 Å². The van der Waals surface area contributed by atoms with E-state index in [9.17, 15) is 9.50 Å². The van der Waals surface area contributed by atoms with Crippen LogP contribution in [0.1, 0.15) is 0 Å². The minimum atomic E-state index is -0.644. The van der Waals surface area contributed by atoms with Gasteiger partial charge in [-0.3, -0.25) is 9.80 Å². The van der Waals surface area contributed by atoms with Crippen molar-refractivity contribution < 1.29 is 19.3 Å². The number of benzene rings is 1. The molecule has 2 rings (SSSR count). The topological polar surface area (TPSA) is 56.2 Å². The van der Waals surface area contributed by atoms with Crippen molar-refractivity contribution in [2.75, 3.05) is 52.5 Å². The summed E-state index contributed by atoms with van der Waals surface area (Å²) < 4.78 is 18.7. The van der Waals surface area contributed by atoms with Gasteiger partial charge in [0.15, 0.2) is 11.6 Å². The van der Waals surface area contributed by atoms with Gasteiger partial charge in [0.1, 0.15) is 12.7 Å². The molecule has 0 radical (unpaired) electrons. The summed E-state index contributed by atoms with van der Waals surface area (Å²) in [5, 5.41) is 18.9. The Kier molecular flexibility index (Phi) is 6.38. The fourth-order valence-corrected chi connectivity index (χ4v) is 2.44. The van der Waals surface area contributed by atoms with Crippen molar-refractivity contribution in [3.05, 3.63) is 30.1 Å². The summed E-state index contributed by atoms with van der Waals surface area (Å²) in [6.45, 7) is 4.97. The number of piperazine rings is 1. The molecule has 0 aromatic heterocycles. The van der Waals surface area contributed by atoms with Crippen LogP contribution < -0.4 is 4.74 Å². The summed E-state index contributed by atoms with van der Waals surface area (Å²) in [5.74, 6) is -0.244. The quantitative estimate of drug-likeness (QED) is 0.752. The van der Waals surface area contributed by atoms with Crippen LogP contribution in [-0.2, 0) is 0 Å². The molecule has 1 atom stereocenters. The molecule has 0 aliphatic carbocycles. The number of ether oxygens (including phenoxy) is 1. The van der Waals surface area contributed by atoms with Gasteiger partial charge in [0.05, 0.1) is 6.61 Å². The van der Waals surface area contributed by atoms with Gasteiger partial charge in [-0.25, -0.2) is 4.39 Å². The van der Waals surface area contributed by atoms with Crippen molar-refractivity contribution >= 4 is 0 Å². The highest BCUT2D eigenvalue weighted by molar-refractivity contribution is 5.23. The van der Waals surface area contributed by atoms with E-state index in [0.29, 0.717) is 13.1 Å². The van der Waals surface area contributed by atoms with E-state index in [1.165, 1.54) is 6.07 Å². The van der Waals surface area contributed by atoms with E-state index >= 15 is 0 Å². The van der Waals surface area contributed by atoms with Gasteiger partial charge in [-0.1, -0.05) is 12.1 Å². The van der Waals surface area contributed by atoms with Gasteiger partial charge in [0, 0.05) is 39.3 Å². The molecule has 5 nitrogen and oxygen atoms in total. The number of rotatable bonds is 7. The number of para-hydroxylation sites is 1. The number of β-amino-alcohol motifs (C(OH)–C–C–N with tert-alkyl or cyclic N) is 2. The number of hydrogen-bond donors (Lipinski definition) is 2. The Labute approximate surface area is 124 Å². The summed E-state index contributed by atoms with van der Waals surface area (Å²) in [6.07, 6.45) is -0.644. The summed E-state index contributed by atoms with van der Waals surface area (Å²) in [5.41, 5.74) is 0. The van der Waals surface area contributed by atoms with E-state index in [1.807, 2.05) is 0 Å². The molecule has 1 aliphatic rings. The van der Waals surface area contributed by atoms with E-state index in [2.05, 4.69) is 9.80 Å². The first-order chi connectivity index (χ1) is 10.2. The Bertz CT molecular complexity index is 425. The Morgan fingerprint density at radius 2 is 1.81 bits per heavy atom. The van der Waals surface area contributed by atoms with Crippen LogP contribution in [0.5, 0.6) is 5.75 Å². The molecule has 0 bridgehead atoms. The molecule has 1 aliphatic heterocycles. The third kappa shape index (κ3) is 5.24. The third-order valence-electron chi connectivity index (χ3n) is 3.62. The molecule has 1 heterocycles. The summed E-state index contributed by atoms with van der Waals surface area (Å²) in [4.78, 5) is 4.35. The van der Waals surface area contributed by atoms with Crippen LogP contribution in [0, 0.1) is 5.82 Å². The first kappa shape index (κ1) is 16.2. The lowest BCUT2D eigenvalue weighted by molar-refractivity contribution is 0.0420. The number of nitrogens with zero attached hydrogens (tertiary/aromatic N) is 2. The summed E-state index contributed by atoms with van der Waals surface area (Å²) >= 11 is 0. The largest absolute Gasteiger partial charge is 0.488 e. The maximum atomic E-state index is 13.4. The number of halogens is 1. The average molecular weight is 298 g/mol. The van der Waals surface area contributed by atoms with Crippen LogP contribution in [0.2, 0.25) is 0 Å². The maximum absolute atomic E-state index is 13.4. The highest BCUT2D eigenvalue weighted by atomic mass is 19.1. The van der Waals surface area contributed by atoms with Crippen LogP contribution >= 0.6 is 0 Å². The molecular weight excluding hydrogens is 275 g/mol. The molecule has 1 aromatic carbocycles. The van der Waals surface area contributed by atoms with Crippen LogP contribution in [0.4, 0.5) is 4.39 Å². The second-order valence-corrected chi connectivity index (χ2v) is 5.26. The monoisotopic (exact) mass is 298 g/mol. The third-order valence-corrected chi connectivity index (χ3v) is 3.62. The van der Waals surface area contributed by atoms with E-state index < -0.39 is 11.9 Å². The zero-order valence-corrected chi connectivity index (χ0v) is 12.1. The second kappa shape index (κ2) is 8.29. The van der Waals surface area contributed by atoms with Gasteiger partial charge in [-0.15, -0.1) is 0 Å². The molecule has 0 spiro atoms. The van der Waals surface area contributed by atoms with Crippen molar-refractivity contribution in [2.24, 2.45) is 0 Å². The van der Waals surface area contributed by atoms with Crippen LogP contribution in [0.15, 0.2) is 24.3 Å². The minimum Gasteiger partial charge on any atom is -0.488 e. The molecule has 21 heavy (non-hydrogen) atoms. The molecule has 6 heteroatoms. The molecular formula is C15H23FN2O3. The Morgan fingerprint density at radius 1 is 1.14 bits per heavy atom. The van der Waals surface area contributed by atoms with Crippen molar-refractivity contribution in [1.82, 2.24) is 9.80 Å². The summed E-state index contributed by atoms with van der Waals surface area (Å²) in [7, 11) is 0. The van der Waals surface area contributed by atoms with E-state index in [4.69, 9.17) is 9.84 Å². The van der Waals surface area contributed by atoms with Crippen LogP contribution in [0.25, 0.3) is 0 Å². The number of hydrogen-bond acceptors (Lipinski definition) is 5. The lowest BCUT2D eigenvalue weighted by Crippen LogP contribution is -2.49. The van der Waals surface area contributed by atoms with Crippen molar-refractivity contribution in [1.29, 1.82) is 0 Å². The van der Waals surface area contributed by atoms with E-state index in [0.717, 1.165) is 26.2 Å². The minimum absolute atomic E-state index is 0.0811. The lowest BCUT2D eigenvalue weighted by Gasteiger charge is -2.35. The van der Waals surface area contributed by atoms with Gasteiger partial charge in [0.25, 0.3) is 0 Å². The van der Waals surface area contributed by atoms with Gasteiger partial charge in [0.2, 0.25) is 0 Å². The first-order valence-corrected chi connectivity index (χ1v) is 7.30. The molecule has 1 saturated heterocycles. The molecule has 0 saturated carbocycles. The van der Waals surface area contributed by atoms with Gasteiger partial charge < -0.3 is 14.9 Å². The highest BCUT2D eigenvalue weighted by Crippen LogP contribution is 2.15. The van der Waals surface area contributed by atoms with E-state index in [-0.39, 0.29) is 19.0 Å². The van der Waals surface area contributed by atoms with Crippen LogP contribution in [-0.4, -0.2) is 78.6 Å². The normalized spacial score (nSPS) is 18.6. The van der Waals surface area contributed by atoms with Gasteiger partial charge >= 0.3 is 0 Å². The average Bonchev–Trinajstić information content (AvgIpc) is 2.49. The predicted molar refractivity (Wildman–Crippen MR) is 77.9 cm³/mol. The van der Waals surface area contributed by atoms with Crippen LogP contribution in [0.3, 0.4) is 0 Å². The van der Waals surface area contributed by atoms with Crippen molar-refractivity contribution in [3.8, 4) is 5.75 Å². The Balaban J connectivity index is 1.68. The first-order valence-electron chi connectivity index (χ1n) is 7.30. The molecule has 1 fully saturated rings. The molecule has 118 valence electrons. The Hall–Kier alpha value is -1.21. The fraction of sp³-hybridized carbons (Fsp3) is 0.600. The lowest BCUT2D eigenvalue weighted by atomic mass is 10.2. The molecule has 2 N–H and O–H groups in total. The standard InChI is InChI=1S/C15H23FN2O3/c16-14-3-1-2-4-15(14)21-12-13(20)11-18-7-5-17(6-8-18)9-10-19/h1-4,13,19-20H,5-12H2/t13-/m0/s1. The maximum Gasteiger partial charge on any atom is 0.165 e. The zero-order valence-electron chi connectivity index (χ0n) is 12.1. The second-order valence-electron chi connectivity index (χ2n) is 5.26. The molecule has 1 aromatic rings. The molecule has 0 unspecified atom stereocenters. The fourth-order valence-electron chi connectivity index (χ4n) is 2.44. The number of aliphatic hydroxyl groups excluding tert-OH is 2. The smallest absolute Gasteiger partial charge is 0.165 e. The van der Waals surface area contributed by atoms with Gasteiger partial charge in [-0.2, -0.15) is 0 Å².